The molecule has 2 aromatic carbocycles. The van der Waals surface area contributed by atoms with E-state index in [2.05, 4.69) is 54.7 Å². The lowest BCUT2D eigenvalue weighted by molar-refractivity contribution is 0.294. The first kappa shape index (κ1) is 14.5. The fraction of sp³-hybridized carbons (Fsp3) is 0.333. The maximum atomic E-state index is 6.12. The molecule has 1 N–H and O–H groups in total. The lowest BCUT2D eigenvalue weighted by Gasteiger charge is -2.15. The molecule has 0 spiro atoms. The summed E-state index contributed by atoms with van der Waals surface area (Å²) >= 11 is 1.94. The zero-order chi connectivity index (χ0) is 14.5. The third-order valence-electron chi connectivity index (χ3n) is 3.78. The molecular formula is C18H21NOS. The van der Waals surface area contributed by atoms with E-state index in [1.165, 1.54) is 16.0 Å². The number of thioether (sulfide) groups is 1. The average Bonchev–Trinajstić information content (AvgIpc) is 2.95. The van der Waals surface area contributed by atoms with Gasteiger partial charge in [-0.1, -0.05) is 43.3 Å². The van der Waals surface area contributed by atoms with Crippen LogP contribution in [0.15, 0.2) is 53.4 Å². The van der Waals surface area contributed by atoms with Crippen LogP contribution >= 0.6 is 11.8 Å². The predicted octanol–water partition coefficient (Wildman–Crippen LogP) is 4.06. The molecule has 0 aromatic heterocycles. The summed E-state index contributed by atoms with van der Waals surface area (Å²) < 4.78 is 6.12. The average molecular weight is 299 g/mol. The number of nitrogens with one attached hydrogen (secondary N) is 1. The Bertz CT molecular complexity index is 599. The maximum Gasteiger partial charge on any atom is 0.123 e. The van der Waals surface area contributed by atoms with Crippen molar-refractivity contribution in [3.05, 3.63) is 59.7 Å². The largest absolute Gasteiger partial charge is 0.493 e. The number of rotatable bonds is 6. The van der Waals surface area contributed by atoms with E-state index in [9.17, 15) is 0 Å². The van der Waals surface area contributed by atoms with Crippen LogP contribution in [0.25, 0.3) is 0 Å². The third-order valence-corrected chi connectivity index (χ3v) is 5.03. The Morgan fingerprint density at radius 1 is 1.14 bits per heavy atom. The summed E-state index contributed by atoms with van der Waals surface area (Å²) in [4.78, 5) is 1.41. The van der Waals surface area contributed by atoms with Crippen LogP contribution in [0.4, 0.5) is 0 Å². The van der Waals surface area contributed by atoms with E-state index in [1.54, 1.807) is 0 Å². The lowest BCUT2D eigenvalue weighted by Crippen LogP contribution is -2.14. The molecule has 1 atom stereocenters. The minimum atomic E-state index is 0.499. The molecule has 0 radical (unpaired) electrons. The molecule has 1 heterocycles. The molecular weight excluding hydrogens is 278 g/mol. The summed E-state index contributed by atoms with van der Waals surface area (Å²) in [6, 6.07) is 17.0. The van der Waals surface area contributed by atoms with Crippen molar-refractivity contribution in [2.45, 2.75) is 24.3 Å². The van der Waals surface area contributed by atoms with Crippen LogP contribution in [-0.4, -0.2) is 18.9 Å². The Hall–Kier alpha value is -1.45. The number of benzene rings is 2. The second-order valence-corrected chi connectivity index (χ2v) is 6.31. The number of ether oxygens (including phenoxy) is 1. The molecule has 0 fully saturated rings. The lowest BCUT2D eigenvalue weighted by atomic mass is 10.0. The predicted molar refractivity (Wildman–Crippen MR) is 89.2 cm³/mol. The zero-order valence-electron chi connectivity index (χ0n) is 12.3. The van der Waals surface area contributed by atoms with Gasteiger partial charge in [-0.2, -0.15) is 0 Å². The van der Waals surface area contributed by atoms with Gasteiger partial charge in [0, 0.05) is 28.7 Å². The van der Waals surface area contributed by atoms with E-state index >= 15 is 0 Å². The molecule has 0 saturated carbocycles. The summed E-state index contributed by atoms with van der Waals surface area (Å²) in [6.45, 7) is 4.72. The standard InChI is InChI=1S/C18H21NOS/c1-2-19-11-14-7-3-5-9-17(14)20-12-15-13-21-18-10-6-4-8-16(15)18/h3-10,15,19H,2,11-13H2,1H3. The minimum absolute atomic E-state index is 0.499. The maximum absolute atomic E-state index is 6.12. The molecule has 2 aromatic rings. The SMILES string of the molecule is CCNCc1ccccc1OCC1CSc2ccccc21. The number of para-hydroxylation sites is 1. The highest BCUT2D eigenvalue weighted by Crippen LogP contribution is 2.39. The van der Waals surface area contributed by atoms with Crippen LogP contribution in [-0.2, 0) is 6.54 Å². The molecule has 1 unspecified atom stereocenters. The van der Waals surface area contributed by atoms with Gasteiger partial charge in [-0.05, 0) is 24.2 Å². The normalized spacial score (nSPS) is 16.7. The van der Waals surface area contributed by atoms with Crippen molar-refractivity contribution in [1.82, 2.24) is 5.32 Å². The molecule has 2 nitrogen and oxygen atoms in total. The first-order valence-corrected chi connectivity index (χ1v) is 8.50. The van der Waals surface area contributed by atoms with Crippen LogP contribution in [0.1, 0.15) is 24.0 Å². The molecule has 110 valence electrons. The van der Waals surface area contributed by atoms with Gasteiger partial charge in [0.15, 0.2) is 0 Å². The Morgan fingerprint density at radius 3 is 2.86 bits per heavy atom. The second kappa shape index (κ2) is 7.01. The summed E-state index contributed by atoms with van der Waals surface area (Å²) in [5.74, 6) is 2.63. The highest BCUT2D eigenvalue weighted by molar-refractivity contribution is 7.99. The van der Waals surface area contributed by atoms with Crippen LogP contribution in [0, 0.1) is 0 Å². The van der Waals surface area contributed by atoms with Gasteiger partial charge in [-0.3, -0.25) is 0 Å². The van der Waals surface area contributed by atoms with E-state index in [0.717, 1.165) is 31.2 Å². The van der Waals surface area contributed by atoms with E-state index in [-0.39, 0.29) is 0 Å². The van der Waals surface area contributed by atoms with Crippen LogP contribution in [0.2, 0.25) is 0 Å². The Kier molecular flexibility index (Phi) is 4.84. The van der Waals surface area contributed by atoms with Crippen LogP contribution in [0.5, 0.6) is 5.75 Å². The minimum Gasteiger partial charge on any atom is -0.493 e. The molecule has 0 bridgehead atoms. The first-order valence-electron chi connectivity index (χ1n) is 7.51. The topological polar surface area (TPSA) is 21.3 Å². The van der Waals surface area contributed by atoms with Gasteiger partial charge < -0.3 is 10.1 Å². The summed E-state index contributed by atoms with van der Waals surface area (Å²) in [5, 5.41) is 3.36. The zero-order valence-corrected chi connectivity index (χ0v) is 13.2. The van der Waals surface area contributed by atoms with Gasteiger partial charge in [-0.15, -0.1) is 11.8 Å². The van der Waals surface area contributed by atoms with Gasteiger partial charge >= 0.3 is 0 Å². The number of hydrogen-bond donors (Lipinski definition) is 1. The fourth-order valence-electron chi connectivity index (χ4n) is 2.61. The molecule has 3 heteroatoms. The molecule has 3 rings (SSSR count). The van der Waals surface area contributed by atoms with Gasteiger partial charge in [0.2, 0.25) is 0 Å². The highest BCUT2D eigenvalue weighted by atomic mass is 32.2. The molecule has 0 amide bonds. The number of hydrogen-bond acceptors (Lipinski definition) is 3. The van der Waals surface area contributed by atoms with Crippen molar-refractivity contribution < 1.29 is 4.74 Å². The molecule has 0 aliphatic carbocycles. The summed E-state index contributed by atoms with van der Waals surface area (Å²) in [6.07, 6.45) is 0. The third kappa shape index (κ3) is 3.42. The monoisotopic (exact) mass is 299 g/mol. The van der Waals surface area contributed by atoms with Crippen molar-refractivity contribution in [2.75, 3.05) is 18.9 Å². The van der Waals surface area contributed by atoms with E-state index in [1.807, 2.05) is 17.8 Å². The Balaban J connectivity index is 1.66. The number of fused-ring (bicyclic) bond motifs is 1. The Labute approximate surface area is 130 Å². The molecule has 1 aliphatic rings. The quantitative estimate of drug-likeness (QED) is 0.869. The molecule has 21 heavy (non-hydrogen) atoms. The van der Waals surface area contributed by atoms with E-state index < -0.39 is 0 Å². The van der Waals surface area contributed by atoms with Gasteiger partial charge in [0.05, 0.1) is 6.61 Å². The van der Waals surface area contributed by atoms with Crippen molar-refractivity contribution in [3.63, 3.8) is 0 Å². The first-order chi connectivity index (χ1) is 10.4. The molecule has 1 aliphatic heterocycles. The van der Waals surface area contributed by atoms with Crippen molar-refractivity contribution in [2.24, 2.45) is 0 Å². The smallest absolute Gasteiger partial charge is 0.123 e. The highest BCUT2D eigenvalue weighted by Gasteiger charge is 2.23. The molecule has 0 saturated heterocycles. The van der Waals surface area contributed by atoms with Crippen LogP contribution in [0.3, 0.4) is 0 Å². The van der Waals surface area contributed by atoms with Gasteiger partial charge in [-0.25, -0.2) is 0 Å². The van der Waals surface area contributed by atoms with Crippen LogP contribution < -0.4 is 10.1 Å². The van der Waals surface area contributed by atoms with E-state index in [4.69, 9.17) is 4.74 Å². The van der Waals surface area contributed by atoms with Gasteiger partial charge in [0.25, 0.3) is 0 Å². The van der Waals surface area contributed by atoms with Crippen molar-refractivity contribution in [3.8, 4) is 5.75 Å². The van der Waals surface area contributed by atoms with Crippen molar-refractivity contribution >= 4 is 11.8 Å². The fourth-order valence-corrected chi connectivity index (χ4v) is 3.84. The summed E-state index contributed by atoms with van der Waals surface area (Å²) in [5.41, 5.74) is 2.67. The van der Waals surface area contributed by atoms with Gasteiger partial charge in [0.1, 0.15) is 5.75 Å². The summed E-state index contributed by atoms with van der Waals surface area (Å²) in [7, 11) is 0. The van der Waals surface area contributed by atoms with E-state index in [0.29, 0.717) is 5.92 Å². The Morgan fingerprint density at radius 2 is 1.95 bits per heavy atom. The van der Waals surface area contributed by atoms with Crippen molar-refractivity contribution in [1.29, 1.82) is 0 Å². The second-order valence-electron chi connectivity index (χ2n) is 5.24.